The van der Waals surface area contributed by atoms with Crippen LogP contribution in [0.1, 0.15) is 97.3 Å². The van der Waals surface area contributed by atoms with Crippen molar-refractivity contribution < 1.29 is 74.3 Å². The second-order valence-corrected chi connectivity index (χ2v) is 28.7. The summed E-state index contributed by atoms with van der Waals surface area (Å²) in [6.07, 6.45) is 18.5. The molecule has 0 spiro atoms. The number of allylic oxidation sites excluding steroid dienone is 8. The number of carbonyl (C=O) groups is 1. The number of carboxylic acids is 1. The average molecular weight is 1340 g/mol. The van der Waals surface area contributed by atoms with Crippen LogP contribution in [0.15, 0.2) is 108 Å². The van der Waals surface area contributed by atoms with Crippen molar-refractivity contribution in [1.82, 2.24) is 30.0 Å². The number of nitrogens with zero attached hydrogens (tertiary/aromatic N) is 10. The summed E-state index contributed by atoms with van der Waals surface area (Å²) in [5, 5.41) is 28.4. The van der Waals surface area contributed by atoms with Crippen LogP contribution in [-0.2, 0) is 96.4 Å². The molecule has 0 atom stereocenters. The molecule has 0 fully saturated rings. The van der Waals surface area contributed by atoms with Crippen molar-refractivity contribution in [1.29, 1.82) is 0 Å². The van der Waals surface area contributed by atoms with E-state index in [0.29, 0.717) is 97.2 Å². The Hall–Kier alpha value is -6.65. The zero-order chi connectivity index (χ0) is 68.8. The average Bonchev–Trinajstić information content (AvgIpc) is 1.61. The fraction of sp³-hybridized carbons (Fsp3) is 0.549. The molecule has 5 aromatic rings. The molecule has 2 aliphatic heterocycles. The number of rotatable bonds is 43. The molecule has 0 saturated carbocycles. The van der Waals surface area contributed by atoms with Gasteiger partial charge in [-0.1, -0.05) is 78.4 Å². The van der Waals surface area contributed by atoms with Crippen molar-refractivity contribution in [3.8, 4) is 0 Å². The minimum atomic E-state index is -4.50. The third-order valence-electron chi connectivity index (χ3n) is 16.7. The molecule has 0 saturated heterocycles. The van der Waals surface area contributed by atoms with Crippen molar-refractivity contribution in [3.63, 3.8) is 0 Å². The fourth-order valence-electron chi connectivity index (χ4n) is 11.9. The normalized spacial score (nSPS) is 15.4. The number of hydrogen-bond acceptors (Lipinski definition) is 16. The van der Waals surface area contributed by atoms with Crippen LogP contribution in [0, 0.1) is 6.92 Å². The van der Waals surface area contributed by atoms with Gasteiger partial charge in [-0.3, -0.25) is 9.35 Å². The van der Waals surface area contributed by atoms with E-state index >= 15 is 0 Å². The molecule has 0 bridgehead atoms. The Morgan fingerprint density at radius 3 is 1.73 bits per heavy atom. The summed E-state index contributed by atoms with van der Waals surface area (Å²) in [7, 11) is 11.9. The number of ether oxygens (including phenoxy) is 8. The van der Waals surface area contributed by atoms with E-state index in [2.05, 4.69) is 174 Å². The minimum Gasteiger partial charge on any atom is -0.481 e. The van der Waals surface area contributed by atoms with E-state index < -0.39 is 21.5 Å². The van der Waals surface area contributed by atoms with Crippen LogP contribution in [0.25, 0.3) is 5.57 Å². The van der Waals surface area contributed by atoms with Gasteiger partial charge >= 0.3 is 5.97 Å². The molecule has 4 heterocycles. The third-order valence-corrected chi connectivity index (χ3v) is 17.5. The Bertz CT molecular complexity index is 3510. The highest BCUT2D eigenvalue weighted by Crippen LogP contribution is 2.48. The number of aromatic nitrogens is 6. The number of aryl methyl sites for hydroxylation is 2. The standard InChI is InChI=1S/C71H103N10O13S/c1-54-22-25-64-62(44-54)70(2,3)66(78(64)28-16-30-80(6,7)8)20-14-18-56(19-15-21-67-71(4,5)63-47-61(95(84,85)86)24-26-65(63)79(67)29-17-31-81(9,10)11)69-57(48-76-50-59(72-74-76)52-93-42-40-91-38-36-89-34-32-87-12)45-55(23-27-68(82)83)46-58(69)49-77-51-60(73-75-77)53-94-43-41-92-39-37-90-35-33-88-13/h14-15,18-22,24-26,44-47,50-51H,16-17,23,27-43,48-49,52-53H2,1-13H3/q+1/p+2. The highest BCUT2D eigenvalue weighted by molar-refractivity contribution is 7.85. The molecule has 2 aliphatic rings. The van der Waals surface area contributed by atoms with Gasteiger partial charge in [-0.15, -0.1) is 10.2 Å². The summed E-state index contributed by atoms with van der Waals surface area (Å²) in [5.74, 6) is -0.920. The van der Waals surface area contributed by atoms with Crippen LogP contribution in [0.2, 0.25) is 0 Å². The summed E-state index contributed by atoms with van der Waals surface area (Å²) in [4.78, 5) is 14.7. The molecule has 7 rings (SSSR count). The lowest BCUT2D eigenvalue weighted by molar-refractivity contribution is -0.871. The van der Waals surface area contributed by atoms with Crippen molar-refractivity contribution in [2.45, 2.75) is 102 Å². The first kappa shape index (κ1) is 75.7. The maximum absolute atomic E-state index is 12.7. The highest BCUT2D eigenvalue weighted by atomic mass is 32.2. The molecule has 3 aromatic carbocycles. The number of methoxy groups -OCH3 is 2. The maximum Gasteiger partial charge on any atom is 0.303 e. The van der Waals surface area contributed by atoms with Crippen LogP contribution in [0.4, 0.5) is 11.4 Å². The van der Waals surface area contributed by atoms with Gasteiger partial charge in [0.25, 0.3) is 10.1 Å². The Kier molecular flexibility index (Phi) is 28.3. The SMILES string of the molecule is COCCOCCOCCOCc1cn(Cc2cc(CCC(=O)O)cc(Cn3cc(COCCOCCOCCOC)nn3)c2C(=C\C=C\C2=[N+](CCC[N+](C)(C)C)c3ccc(S(=O)(=O)O)cc3C2(C)C)/C=C/C=C2/N(CCC[N+](C)(C)C)c3ccc(C)cc3C2(C)C)nn1. The zero-order valence-electron chi connectivity index (χ0n) is 58.5. The first-order valence-electron chi connectivity index (χ1n) is 32.8. The quantitative estimate of drug-likeness (QED) is 0.0123. The summed E-state index contributed by atoms with van der Waals surface area (Å²) in [5.41, 5.74) is 11.8. The van der Waals surface area contributed by atoms with Gasteiger partial charge in [-0.05, 0) is 84.9 Å². The van der Waals surface area contributed by atoms with Crippen LogP contribution >= 0.6 is 0 Å². The lowest BCUT2D eigenvalue weighted by Gasteiger charge is -2.29. The number of hydrogen-bond donors (Lipinski definition) is 2. The van der Waals surface area contributed by atoms with Crippen LogP contribution < -0.4 is 4.90 Å². The molecule has 24 heteroatoms. The summed E-state index contributed by atoms with van der Waals surface area (Å²) in [6.45, 7) is 20.3. The monoisotopic (exact) mass is 1340 g/mol. The molecule has 0 unspecified atom stereocenters. The van der Waals surface area contributed by atoms with Gasteiger partial charge in [-0.2, -0.15) is 13.0 Å². The van der Waals surface area contributed by atoms with Gasteiger partial charge in [0.1, 0.15) is 11.4 Å². The highest BCUT2D eigenvalue weighted by Gasteiger charge is 2.45. The number of anilines is 1. The van der Waals surface area contributed by atoms with Gasteiger partial charge < -0.3 is 56.9 Å². The van der Waals surface area contributed by atoms with Gasteiger partial charge in [0.05, 0.1) is 190 Å². The van der Waals surface area contributed by atoms with Crippen LogP contribution in [-0.4, -0.2) is 235 Å². The Morgan fingerprint density at radius 2 is 1.20 bits per heavy atom. The lowest BCUT2D eigenvalue weighted by Crippen LogP contribution is -2.37. The largest absolute Gasteiger partial charge is 0.481 e. The van der Waals surface area contributed by atoms with E-state index in [4.69, 9.17) is 37.9 Å². The van der Waals surface area contributed by atoms with E-state index in [1.54, 1.807) is 35.7 Å². The second-order valence-electron chi connectivity index (χ2n) is 27.3. The van der Waals surface area contributed by atoms with Crippen molar-refractivity contribution in [2.24, 2.45) is 0 Å². The summed E-state index contributed by atoms with van der Waals surface area (Å²) >= 11 is 0. The molecule has 0 amide bonds. The number of aliphatic carboxylic acids is 1. The van der Waals surface area contributed by atoms with E-state index in [1.165, 1.54) is 22.9 Å². The van der Waals surface area contributed by atoms with E-state index in [-0.39, 0.29) is 49.5 Å². The van der Waals surface area contributed by atoms with E-state index in [0.717, 1.165) is 91.9 Å². The predicted molar refractivity (Wildman–Crippen MR) is 367 cm³/mol. The first-order chi connectivity index (χ1) is 45.2. The molecular weight excluding hydrogens is 1230 g/mol. The second kappa shape index (κ2) is 35.6. The third kappa shape index (κ3) is 23.0. The molecule has 2 aromatic heterocycles. The summed E-state index contributed by atoms with van der Waals surface area (Å²) in [6, 6.07) is 15.7. The molecule has 23 nitrogen and oxygen atoms in total. The van der Waals surface area contributed by atoms with Crippen molar-refractivity contribution >= 4 is 38.7 Å². The minimum absolute atomic E-state index is 0.0986. The first-order valence-corrected chi connectivity index (χ1v) is 34.3. The molecule has 520 valence electrons. The van der Waals surface area contributed by atoms with Crippen molar-refractivity contribution in [2.75, 3.05) is 167 Å². The number of carboxylic acid groups (broad SMARTS) is 1. The van der Waals surface area contributed by atoms with Gasteiger partial charge in [0.2, 0.25) is 5.69 Å². The fourth-order valence-corrected chi connectivity index (χ4v) is 12.4. The van der Waals surface area contributed by atoms with Gasteiger partial charge in [-0.25, -0.2) is 9.36 Å². The zero-order valence-corrected chi connectivity index (χ0v) is 59.3. The number of quaternary nitrogens is 2. The van der Waals surface area contributed by atoms with E-state index in [9.17, 15) is 22.9 Å². The van der Waals surface area contributed by atoms with Crippen LogP contribution in [0.3, 0.4) is 0 Å². The smallest absolute Gasteiger partial charge is 0.303 e. The lowest BCUT2D eigenvalue weighted by atomic mass is 9.81. The number of benzene rings is 3. The summed E-state index contributed by atoms with van der Waals surface area (Å²) < 4.78 is 87.6. The van der Waals surface area contributed by atoms with E-state index in [1.807, 2.05) is 12.4 Å². The topological polar surface area (TPSA) is 233 Å². The Labute approximate surface area is 563 Å². The predicted octanol–water partition coefficient (Wildman–Crippen LogP) is 8.38. The Balaban J connectivity index is 1.36. The number of fused-ring (bicyclic) bond motifs is 2. The van der Waals surface area contributed by atoms with Gasteiger partial charge in [0.15, 0.2) is 12.3 Å². The van der Waals surface area contributed by atoms with Crippen LogP contribution in [0.5, 0.6) is 0 Å². The Morgan fingerprint density at radius 1 is 0.663 bits per heavy atom. The molecule has 95 heavy (non-hydrogen) atoms. The maximum atomic E-state index is 12.7. The molecule has 0 aliphatic carbocycles. The molecular formula is C71H105N10O13S+3. The van der Waals surface area contributed by atoms with Crippen molar-refractivity contribution in [3.05, 3.63) is 153 Å². The molecule has 0 radical (unpaired) electrons. The van der Waals surface area contributed by atoms with Gasteiger partial charge in [0, 0.05) is 68.1 Å². The molecule has 2 N–H and O–H groups in total.